The quantitative estimate of drug-likeness (QED) is 0.660. The average Bonchev–Trinajstić information content (AvgIpc) is 2.71. The zero-order chi connectivity index (χ0) is 22.4. The van der Waals surface area contributed by atoms with Crippen molar-refractivity contribution in [3.63, 3.8) is 0 Å². The molecule has 0 amide bonds. The van der Waals surface area contributed by atoms with E-state index in [2.05, 4.69) is 14.9 Å². The number of aromatic nitrogens is 2. The third-order valence-corrected chi connectivity index (χ3v) is 8.98. The van der Waals surface area contributed by atoms with Crippen molar-refractivity contribution < 1.29 is 19.1 Å². The van der Waals surface area contributed by atoms with Crippen molar-refractivity contribution in [1.82, 2.24) is 14.9 Å². The van der Waals surface area contributed by atoms with Crippen LogP contribution >= 0.6 is 7.60 Å². The van der Waals surface area contributed by atoms with Gasteiger partial charge >= 0.3 is 7.60 Å². The molecule has 0 radical (unpaired) electrons. The van der Waals surface area contributed by atoms with Gasteiger partial charge in [0.15, 0.2) is 0 Å². The van der Waals surface area contributed by atoms with Crippen molar-refractivity contribution in [2.24, 2.45) is 17.3 Å². The lowest BCUT2D eigenvalue weighted by atomic mass is 9.56. The van der Waals surface area contributed by atoms with Gasteiger partial charge in [0.25, 0.3) is 0 Å². The summed E-state index contributed by atoms with van der Waals surface area (Å²) in [6, 6.07) is 0.214. The molecule has 1 aromatic rings. The Kier molecular flexibility index (Phi) is 6.29. The molecule has 1 spiro atoms. The molecule has 2 N–H and O–H groups in total. The Bertz CT molecular complexity index is 840. The van der Waals surface area contributed by atoms with Crippen LogP contribution in [0.15, 0.2) is 12.4 Å². The first-order chi connectivity index (χ1) is 14.6. The molecule has 1 aliphatic heterocycles. The van der Waals surface area contributed by atoms with E-state index in [4.69, 9.17) is 0 Å². The maximum absolute atomic E-state index is 12.4. The van der Waals surface area contributed by atoms with E-state index in [0.29, 0.717) is 24.7 Å². The highest BCUT2D eigenvalue weighted by atomic mass is 31.2. The Morgan fingerprint density at radius 2 is 1.77 bits per heavy atom. The molecule has 1 aromatic heterocycles. The molecular weight excluding hydrogens is 415 g/mol. The first-order valence-corrected chi connectivity index (χ1v) is 13.1. The highest BCUT2D eigenvalue weighted by Crippen LogP contribution is 2.57. The van der Waals surface area contributed by atoms with Crippen molar-refractivity contribution in [1.29, 1.82) is 0 Å². The summed E-state index contributed by atoms with van der Waals surface area (Å²) in [5.74, 6) is 0.575. The SMILES string of the molecule is Cc1ncc(N2CCN(C3CC4(CCC(C(=O)C(C)C)CC4)C3)[C@@H](P(=O)(O)O)C2)cn1. The summed E-state index contributed by atoms with van der Waals surface area (Å²) in [6.07, 6.45) is 9.48. The fourth-order valence-corrected chi connectivity index (χ4v) is 6.96. The number of ketones is 1. The van der Waals surface area contributed by atoms with Crippen molar-refractivity contribution in [2.75, 3.05) is 24.5 Å². The van der Waals surface area contributed by atoms with Crippen molar-refractivity contribution in [3.05, 3.63) is 18.2 Å². The van der Waals surface area contributed by atoms with Crippen LogP contribution in [-0.2, 0) is 9.36 Å². The minimum atomic E-state index is -4.28. The van der Waals surface area contributed by atoms with Gasteiger partial charge in [-0.1, -0.05) is 13.8 Å². The smallest absolute Gasteiger partial charge is 0.344 e. The summed E-state index contributed by atoms with van der Waals surface area (Å²) in [6.45, 7) is 7.40. The van der Waals surface area contributed by atoms with Gasteiger partial charge in [-0.3, -0.25) is 14.3 Å². The predicted molar refractivity (Wildman–Crippen MR) is 119 cm³/mol. The molecule has 31 heavy (non-hydrogen) atoms. The Morgan fingerprint density at radius 1 is 1.16 bits per heavy atom. The van der Waals surface area contributed by atoms with Gasteiger partial charge in [-0.05, 0) is 50.9 Å². The van der Waals surface area contributed by atoms with Gasteiger partial charge in [0.1, 0.15) is 17.4 Å². The van der Waals surface area contributed by atoms with Crippen LogP contribution < -0.4 is 4.90 Å². The van der Waals surface area contributed by atoms with Crippen molar-refractivity contribution in [2.45, 2.75) is 71.1 Å². The number of piperazine rings is 1. The van der Waals surface area contributed by atoms with Crippen LogP contribution in [0.2, 0.25) is 0 Å². The van der Waals surface area contributed by atoms with Gasteiger partial charge in [-0.25, -0.2) is 9.97 Å². The minimum Gasteiger partial charge on any atom is -0.366 e. The molecule has 2 aliphatic carbocycles. The molecule has 2 saturated carbocycles. The second kappa shape index (κ2) is 8.54. The molecule has 3 aliphatic rings. The van der Waals surface area contributed by atoms with E-state index in [-0.39, 0.29) is 29.8 Å². The van der Waals surface area contributed by atoms with E-state index in [1.807, 2.05) is 25.7 Å². The topological polar surface area (TPSA) is 107 Å². The number of carbonyl (C=O) groups is 1. The number of hydrogen-bond donors (Lipinski definition) is 2. The number of nitrogens with zero attached hydrogens (tertiary/aromatic N) is 4. The van der Waals surface area contributed by atoms with E-state index in [9.17, 15) is 19.1 Å². The van der Waals surface area contributed by atoms with Gasteiger partial charge in [-0.2, -0.15) is 0 Å². The van der Waals surface area contributed by atoms with Gasteiger partial charge in [0.2, 0.25) is 0 Å². The predicted octanol–water partition coefficient (Wildman–Crippen LogP) is 2.97. The number of rotatable bonds is 5. The number of Topliss-reactive ketones (excluding diaryl/α,β-unsaturated/α-hetero) is 1. The average molecular weight is 451 g/mol. The highest BCUT2D eigenvalue weighted by Gasteiger charge is 2.52. The van der Waals surface area contributed by atoms with Crippen LogP contribution in [0.25, 0.3) is 0 Å². The number of carbonyl (C=O) groups excluding carboxylic acids is 1. The molecule has 0 bridgehead atoms. The van der Waals surface area contributed by atoms with Gasteiger partial charge < -0.3 is 14.7 Å². The molecule has 0 unspecified atom stereocenters. The Labute approximate surface area is 184 Å². The van der Waals surface area contributed by atoms with E-state index in [0.717, 1.165) is 44.2 Å². The Morgan fingerprint density at radius 3 is 2.32 bits per heavy atom. The van der Waals surface area contributed by atoms with Crippen LogP contribution in [0.4, 0.5) is 5.69 Å². The summed E-state index contributed by atoms with van der Waals surface area (Å²) in [5.41, 5.74) is 1.07. The normalized spacial score (nSPS) is 32.3. The Balaban J connectivity index is 1.38. The molecule has 1 atom stereocenters. The summed E-state index contributed by atoms with van der Waals surface area (Å²) in [5, 5.41) is 0. The summed E-state index contributed by atoms with van der Waals surface area (Å²) >= 11 is 0. The molecule has 3 fully saturated rings. The molecule has 8 nitrogen and oxygen atoms in total. The second-order valence-electron chi connectivity index (χ2n) is 10.1. The number of hydrogen-bond acceptors (Lipinski definition) is 6. The summed E-state index contributed by atoms with van der Waals surface area (Å²) in [4.78, 5) is 45.1. The van der Waals surface area contributed by atoms with Gasteiger partial charge in [0, 0.05) is 37.5 Å². The van der Waals surface area contributed by atoms with Gasteiger partial charge in [0.05, 0.1) is 18.1 Å². The zero-order valence-electron chi connectivity index (χ0n) is 18.8. The van der Waals surface area contributed by atoms with E-state index >= 15 is 0 Å². The Hall–Kier alpha value is -1.34. The summed E-state index contributed by atoms with van der Waals surface area (Å²) in [7, 11) is -4.28. The van der Waals surface area contributed by atoms with Crippen LogP contribution in [0.1, 0.15) is 58.2 Å². The third kappa shape index (κ3) is 4.72. The van der Waals surface area contributed by atoms with E-state index in [1.165, 1.54) is 0 Å². The fourth-order valence-electron chi connectivity index (χ4n) is 5.86. The lowest BCUT2D eigenvalue weighted by molar-refractivity contribution is -0.129. The van der Waals surface area contributed by atoms with E-state index < -0.39 is 13.4 Å². The monoisotopic (exact) mass is 450 g/mol. The second-order valence-corrected chi connectivity index (χ2v) is 11.9. The maximum Gasteiger partial charge on any atom is 0.344 e. The first kappa shape index (κ1) is 22.8. The number of anilines is 1. The lowest BCUT2D eigenvalue weighted by Crippen LogP contribution is -2.61. The van der Waals surface area contributed by atoms with Crippen LogP contribution in [0.3, 0.4) is 0 Å². The van der Waals surface area contributed by atoms with Crippen LogP contribution in [-0.4, -0.2) is 61.9 Å². The van der Waals surface area contributed by atoms with Crippen LogP contribution in [0.5, 0.6) is 0 Å². The molecule has 2 heterocycles. The lowest BCUT2D eigenvalue weighted by Gasteiger charge is -2.57. The summed E-state index contributed by atoms with van der Waals surface area (Å²) < 4.78 is 12.4. The molecular formula is C22H35N4O4P. The van der Waals surface area contributed by atoms with Crippen molar-refractivity contribution in [3.8, 4) is 0 Å². The third-order valence-electron chi connectivity index (χ3n) is 7.74. The molecule has 4 rings (SSSR count). The zero-order valence-corrected chi connectivity index (χ0v) is 19.7. The number of aryl methyl sites for hydroxylation is 1. The minimum absolute atomic E-state index is 0.104. The van der Waals surface area contributed by atoms with Crippen LogP contribution in [0, 0.1) is 24.2 Å². The fraction of sp³-hybridized carbons (Fsp3) is 0.773. The standard InChI is InChI=1S/C22H35N4O4P/c1-15(2)21(27)17-4-6-22(7-5-17)10-18(11-22)26-9-8-25(14-20(26)31(28,29)30)19-12-23-16(3)24-13-19/h12-13,15,17-18,20H,4-11,14H2,1-3H3,(H2,28,29,30)/t17?,18?,20-,22?/m0/s1. The van der Waals surface area contributed by atoms with Crippen molar-refractivity contribution >= 4 is 19.1 Å². The van der Waals surface area contributed by atoms with Gasteiger partial charge in [-0.15, -0.1) is 0 Å². The molecule has 9 heteroatoms. The maximum atomic E-state index is 12.4. The van der Waals surface area contributed by atoms with E-state index in [1.54, 1.807) is 12.4 Å². The molecule has 1 saturated heterocycles. The highest BCUT2D eigenvalue weighted by molar-refractivity contribution is 7.52. The first-order valence-electron chi connectivity index (χ1n) is 11.5. The molecule has 172 valence electrons. The largest absolute Gasteiger partial charge is 0.366 e. The molecule has 0 aromatic carbocycles.